The Labute approximate surface area is 113 Å². The molecule has 3 nitrogen and oxygen atoms in total. The van der Waals surface area contributed by atoms with Gasteiger partial charge in [0, 0.05) is 12.1 Å². The highest BCUT2D eigenvalue weighted by Crippen LogP contribution is 2.29. The summed E-state index contributed by atoms with van der Waals surface area (Å²) in [4.78, 5) is 12.4. The maximum absolute atomic E-state index is 13.7. The molecule has 0 saturated heterocycles. The smallest absolute Gasteiger partial charge is 0.411 e. The molecule has 0 aromatic heterocycles. The van der Waals surface area contributed by atoms with Crippen LogP contribution in [0, 0.1) is 12.7 Å². The molecule has 0 fully saturated rings. The fourth-order valence-electron chi connectivity index (χ4n) is 2.07. The number of nitrogens with zero attached hydrogens (tertiary/aromatic N) is 1. The summed E-state index contributed by atoms with van der Waals surface area (Å²) in [6, 6.07) is 3.16. The minimum Gasteiger partial charge on any atom is -0.465 e. The molecule has 0 atom stereocenters. The maximum Gasteiger partial charge on any atom is 0.411 e. The SMILES string of the molecule is Cc1cc(C2=CCCCN2C(=O)O)cc(F)c1Br. The second-order valence-electron chi connectivity index (χ2n) is 4.25. The highest BCUT2D eigenvalue weighted by atomic mass is 79.9. The van der Waals surface area contributed by atoms with E-state index in [0.29, 0.717) is 22.3 Å². The number of hydrogen-bond acceptors (Lipinski definition) is 1. The van der Waals surface area contributed by atoms with Crippen molar-refractivity contribution in [2.75, 3.05) is 6.54 Å². The van der Waals surface area contributed by atoms with Gasteiger partial charge in [0.15, 0.2) is 0 Å². The van der Waals surface area contributed by atoms with Crippen LogP contribution < -0.4 is 0 Å². The van der Waals surface area contributed by atoms with Crippen molar-refractivity contribution in [3.8, 4) is 0 Å². The number of rotatable bonds is 1. The fourth-order valence-corrected chi connectivity index (χ4v) is 2.29. The molecule has 5 heteroatoms. The van der Waals surface area contributed by atoms with Gasteiger partial charge in [-0.05, 0) is 53.4 Å². The van der Waals surface area contributed by atoms with Crippen LogP contribution >= 0.6 is 15.9 Å². The summed E-state index contributed by atoms with van der Waals surface area (Å²) in [5, 5.41) is 9.15. The predicted molar refractivity (Wildman–Crippen MR) is 70.8 cm³/mol. The Hall–Kier alpha value is -1.36. The van der Waals surface area contributed by atoms with Gasteiger partial charge in [-0.15, -0.1) is 0 Å². The molecule has 0 unspecified atom stereocenters. The number of halogens is 2. The van der Waals surface area contributed by atoms with Gasteiger partial charge in [-0.2, -0.15) is 0 Å². The van der Waals surface area contributed by atoms with E-state index >= 15 is 0 Å². The van der Waals surface area contributed by atoms with Crippen LogP contribution in [0.1, 0.15) is 24.0 Å². The molecule has 2 rings (SSSR count). The van der Waals surface area contributed by atoms with Gasteiger partial charge in [-0.3, -0.25) is 4.90 Å². The van der Waals surface area contributed by atoms with Crippen molar-refractivity contribution in [2.24, 2.45) is 0 Å². The standard InChI is InChI=1S/C13H13BrFNO2/c1-8-6-9(7-10(15)12(8)14)11-4-2-3-5-16(11)13(17)18/h4,6-7H,2-3,5H2,1H3,(H,17,18). The number of benzene rings is 1. The van der Waals surface area contributed by atoms with E-state index in [1.165, 1.54) is 11.0 Å². The van der Waals surface area contributed by atoms with E-state index in [2.05, 4.69) is 15.9 Å². The molecule has 0 spiro atoms. The quantitative estimate of drug-likeness (QED) is 0.851. The van der Waals surface area contributed by atoms with E-state index in [1.807, 2.05) is 6.08 Å². The third-order valence-electron chi connectivity index (χ3n) is 2.95. The lowest BCUT2D eigenvalue weighted by molar-refractivity contribution is 0.164. The molecular weight excluding hydrogens is 301 g/mol. The summed E-state index contributed by atoms with van der Waals surface area (Å²) in [5.41, 5.74) is 1.93. The third-order valence-corrected chi connectivity index (χ3v) is 3.96. The van der Waals surface area contributed by atoms with Gasteiger partial charge in [0.05, 0.1) is 10.2 Å². The minimum absolute atomic E-state index is 0.373. The first kappa shape index (κ1) is 13.1. The minimum atomic E-state index is -0.998. The van der Waals surface area contributed by atoms with E-state index in [1.54, 1.807) is 13.0 Å². The topological polar surface area (TPSA) is 40.5 Å². The molecule has 0 bridgehead atoms. The van der Waals surface area contributed by atoms with Crippen LogP contribution in [0.2, 0.25) is 0 Å². The Balaban J connectivity index is 2.47. The normalized spacial score (nSPS) is 15.5. The predicted octanol–water partition coefficient (Wildman–Crippen LogP) is 4.01. The van der Waals surface area contributed by atoms with Crippen LogP contribution in [-0.4, -0.2) is 22.6 Å². The van der Waals surface area contributed by atoms with Gasteiger partial charge in [0.25, 0.3) is 0 Å². The second-order valence-corrected chi connectivity index (χ2v) is 5.05. The van der Waals surface area contributed by atoms with Crippen LogP contribution in [0.4, 0.5) is 9.18 Å². The van der Waals surface area contributed by atoms with Crippen LogP contribution in [0.15, 0.2) is 22.7 Å². The van der Waals surface area contributed by atoms with Crippen LogP contribution in [0.3, 0.4) is 0 Å². The first-order valence-corrected chi connectivity index (χ1v) is 6.46. The van der Waals surface area contributed by atoms with E-state index in [0.717, 1.165) is 18.4 Å². The molecule has 18 heavy (non-hydrogen) atoms. The molecular formula is C13H13BrFNO2. The monoisotopic (exact) mass is 313 g/mol. The zero-order valence-electron chi connectivity index (χ0n) is 9.91. The molecule has 1 aromatic carbocycles. The van der Waals surface area contributed by atoms with Gasteiger partial charge in [0.2, 0.25) is 0 Å². The highest BCUT2D eigenvalue weighted by molar-refractivity contribution is 9.10. The van der Waals surface area contributed by atoms with Gasteiger partial charge >= 0.3 is 6.09 Å². The molecule has 1 N–H and O–H groups in total. The first-order valence-electron chi connectivity index (χ1n) is 5.67. The zero-order chi connectivity index (χ0) is 13.3. The van der Waals surface area contributed by atoms with Crippen molar-refractivity contribution in [2.45, 2.75) is 19.8 Å². The molecule has 0 radical (unpaired) electrons. The van der Waals surface area contributed by atoms with Crippen molar-refractivity contribution in [1.82, 2.24) is 4.90 Å². The van der Waals surface area contributed by atoms with Crippen molar-refractivity contribution in [3.63, 3.8) is 0 Å². The first-order chi connectivity index (χ1) is 8.50. The lowest BCUT2D eigenvalue weighted by Crippen LogP contribution is -2.31. The molecule has 1 heterocycles. The average molecular weight is 314 g/mol. The van der Waals surface area contributed by atoms with Crippen molar-refractivity contribution >= 4 is 27.7 Å². The van der Waals surface area contributed by atoms with Gasteiger partial charge in [-0.1, -0.05) is 6.08 Å². The van der Waals surface area contributed by atoms with Crippen LogP contribution in [-0.2, 0) is 0 Å². The number of carboxylic acid groups (broad SMARTS) is 1. The van der Waals surface area contributed by atoms with E-state index in [9.17, 15) is 9.18 Å². The maximum atomic E-state index is 13.7. The number of allylic oxidation sites excluding steroid dienone is 1. The Kier molecular flexibility index (Phi) is 3.71. The van der Waals surface area contributed by atoms with E-state index in [-0.39, 0.29) is 5.82 Å². The summed E-state index contributed by atoms with van der Waals surface area (Å²) in [6.45, 7) is 2.24. The molecule has 1 aromatic rings. The molecule has 1 aliphatic heterocycles. The molecule has 1 aliphatic rings. The summed E-state index contributed by atoms with van der Waals surface area (Å²) in [6.07, 6.45) is 2.46. The van der Waals surface area contributed by atoms with Gasteiger partial charge < -0.3 is 5.11 Å². The van der Waals surface area contributed by atoms with Crippen molar-refractivity contribution in [3.05, 3.63) is 39.6 Å². The van der Waals surface area contributed by atoms with Gasteiger partial charge in [-0.25, -0.2) is 9.18 Å². The van der Waals surface area contributed by atoms with Crippen molar-refractivity contribution in [1.29, 1.82) is 0 Å². The highest BCUT2D eigenvalue weighted by Gasteiger charge is 2.22. The number of hydrogen-bond donors (Lipinski definition) is 1. The summed E-state index contributed by atoms with van der Waals surface area (Å²) in [5.74, 6) is -0.373. The fraction of sp³-hybridized carbons (Fsp3) is 0.308. The molecule has 96 valence electrons. The molecule has 0 aliphatic carbocycles. The van der Waals surface area contributed by atoms with E-state index in [4.69, 9.17) is 5.11 Å². The number of amides is 1. The summed E-state index contributed by atoms with van der Waals surface area (Å²) in [7, 11) is 0. The van der Waals surface area contributed by atoms with Crippen LogP contribution in [0.25, 0.3) is 5.70 Å². The summed E-state index contributed by atoms with van der Waals surface area (Å²) < 4.78 is 14.1. The second kappa shape index (κ2) is 5.10. The van der Waals surface area contributed by atoms with Gasteiger partial charge in [0.1, 0.15) is 5.82 Å². The Bertz CT molecular complexity index is 505. The lowest BCUT2D eigenvalue weighted by Gasteiger charge is -2.26. The molecule has 1 amide bonds. The third kappa shape index (κ3) is 2.41. The summed E-state index contributed by atoms with van der Waals surface area (Å²) >= 11 is 3.16. The molecule has 0 saturated carbocycles. The Morgan fingerprint density at radius 3 is 2.83 bits per heavy atom. The number of aryl methyl sites for hydroxylation is 1. The van der Waals surface area contributed by atoms with Crippen LogP contribution in [0.5, 0.6) is 0 Å². The van der Waals surface area contributed by atoms with Crippen molar-refractivity contribution < 1.29 is 14.3 Å². The number of carbonyl (C=O) groups is 1. The average Bonchev–Trinajstić information content (AvgIpc) is 2.35. The lowest BCUT2D eigenvalue weighted by atomic mass is 10.0. The Morgan fingerprint density at radius 1 is 1.50 bits per heavy atom. The largest absolute Gasteiger partial charge is 0.465 e. The Morgan fingerprint density at radius 2 is 2.22 bits per heavy atom. The zero-order valence-corrected chi connectivity index (χ0v) is 11.5. The van der Waals surface area contributed by atoms with E-state index < -0.39 is 6.09 Å².